The van der Waals surface area contributed by atoms with Crippen molar-refractivity contribution in [1.82, 2.24) is 14.9 Å². The predicted molar refractivity (Wildman–Crippen MR) is 94.2 cm³/mol. The van der Waals surface area contributed by atoms with Crippen molar-refractivity contribution in [2.75, 3.05) is 13.1 Å². The van der Waals surface area contributed by atoms with Crippen molar-refractivity contribution in [1.29, 1.82) is 0 Å². The molecule has 1 saturated heterocycles. The number of rotatable bonds is 3. The molecule has 1 unspecified atom stereocenters. The molecule has 3 rings (SSSR count). The summed E-state index contributed by atoms with van der Waals surface area (Å²) in [5.41, 5.74) is 0.569. The minimum Gasteiger partial charge on any atom is -0.460 e. The Labute approximate surface area is 150 Å². The molecular formula is C17H22N4O5. The lowest BCUT2D eigenvalue weighted by Crippen LogP contribution is -2.46. The van der Waals surface area contributed by atoms with Crippen molar-refractivity contribution in [3.8, 4) is 6.01 Å². The van der Waals surface area contributed by atoms with Crippen LogP contribution in [0.3, 0.4) is 0 Å². The molecule has 2 heterocycles. The third kappa shape index (κ3) is 4.22. The molecule has 9 heteroatoms. The van der Waals surface area contributed by atoms with Gasteiger partial charge in [-0.1, -0.05) is 0 Å². The molecule has 1 aromatic heterocycles. The summed E-state index contributed by atoms with van der Waals surface area (Å²) in [5.74, 6) is 0. The highest BCUT2D eigenvalue weighted by Gasteiger charge is 2.29. The highest BCUT2D eigenvalue weighted by molar-refractivity contribution is 5.78. The van der Waals surface area contributed by atoms with E-state index in [0.29, 0.717) is 24.1 Å². The summed E-state index contributed by atoms with van der Waals surface area (Å²) in [5, 5.41) is 10.9. The molecule has 1 atom stereocenters. The topological polar surface area (TPSA) is 111 Å². The maximum atomic E-state index is 12.2. The fourth-order valence-corrected chi connectivity index (χ4v) is 2.83. The molecule has 26 heavy (non-hydrogen) atoms. The van der Waals surface area contributed by atoms with Gasteiger partial charge in [-0.15, -0.1) is 0 Å². The van der Waals surface area contributed by atoms with E-state index in [1.807, 2.05) is 20.8 Å². The second-order valence-electron chi connectivity index (χ2n) is 7.31. The first-order valence-electron chi connectivity index (χ1n) is 8.50. The molecule has 140 valence electrons. The number of aromatic nitrogens is 2. The Morgan fingerprint density at radius 1 is 1.42 bits per heavy atom. The summed E-state index contributed by atoms with van der Waals surface area (Å²) in [6.45, 7) is 6.52. The third-order valence-corrected chi connectivity index (χ3v) is 3.96. The molecule has 0 bridgehead atoms. The van der Waals surface area contributed by atoms with Crippen molar-refractivity contribution in [2.24, 2.45) is 0 Å². The lowest BCUT2D eigenvalue weighted by molar-refractivity contribution is -0.384. The van der Waals surface area contributed by atoms with Gasteiger partial charge in [0, 0.05) is 18.7 Å². The van der Waals surface area contributed by atoms with Crippen LogP contribution in [0.1, 0.15) is 33.6 Å². The number of fused-ring (bicyclic) bond motifs is 1. The van der Waals surface area contributed by atoms with Crippen molar-refractivity contribution < 1.29 is 19.2 Å². The normalized spacial score (nSPS) is 18.0. The summed E-state index contributed by atoms with van der Waals surface area (Å²) in [6, 6.07) is 4.68. The van der Waals surface area contributed by atoms with E-state index in [0.717, 1.165) is 12.8 Å². The molecule has 0 spiro atoms. The average molecular weight is 362 g/mol. The SMILES string of the molecule is CC(C)(C)OC(=O)N1CCCC(Oc2nc3ccc([N+](=O)[O-])cc3[nH]2)C1. The second-order valence-corrected chi connectivity index (χ2v) is 7.31. The smallest absolute Gasteiger partial charge is 0.410 e. The molecule has 1 amide bonds. The molecular weight excluding hydrogens is 340 g/mol. The van der Waals surface area contributed by atoms with Gasteiger partial charge in [0.25, 0.3) is 11.7 Å². The van der Waals surface area contributed by atoms with Crippen molar-refractivity contribution >= 4 is 22.8 Å². The zero-order valence-corrected chi connectivity index (χ0v) is 15.0. The second kappa shape index (κ2) is 6.81. The molecule has 1 aliphatic heterocycles. The lowest BCUT2D eigenvalue weighted by atomic mass is 10.1. The number of imidazole rings is 1. The molecule has 0 radical (unpaired) electrons. The van der Waals surface area contributed by atoms with E-state index >= 15 is 0 Å². The van der Waals surface area contributed by atoms with E-state index in [9.17, 15) is 14.9 Å². The van der Waals surface area contributed by atoms with Gasteiger partial charge < -0.3 is 19.4 Å². The lowest BCUT2D eigenvalue weighted by Gasteiger charge is -2.33. The Balaban J connectivity index is 1.67. The Morgan fingerprint density at radius 3 is 2.88 bits per heavy atom. The zero-order chi connectivity index (χ0) is 18.9. The first kappa shape index (κ1) is 18.0. The Bertz CT molecular complexity index is 826. The molecule has 0 saturated carbocycles. The van der Waals surface area contributed by atoms with Gasteiger partial charge in [-0.2, -0.15) is 4.98 Å². The largest absolute Gasteiger partial charge is 0.460 e. The van der Waals surface area contributed by atoms with E-state index < -0.39 is 10.5 Å². The number of nitrogens with zero attached hydrogens (tertiary/aromatic N) is 3. The van der Waals surface area contributed by atoms with Gasteiger partial charge in [0.2, 0.25) is 0 Å². The van der Waals surface area contributed by atoms with E-state index in [1.165, 1.54) is 12.1 Å². The highest BCUT2D eigenvalue weighted by atomic mass is 16.6. The molecule has 1 fully saturated rings. The number of hydrogen-bond acceptors (Lipinski definition) is 6. The fourth-order valence-electron chi connectivity index (χ4n) is 2.83. The van der Waals surface area contributed by atoms with Crippen LogP contribution in [0.5, 0.6) is 6.01 Å². The number of hydrogen-bond donors (Lipinski definition) is 1. The fraction of sp³-hybridized carbons (Fsp3) is 0.529. The predicted octanol–water partition coefficient (Wildman–Crippen LogP) is 3.25. The van der Waals surface area contributed by atoms with Gasteiger partial charge in [0.05, 0.1) is 22.5 Å². The number of piperidine rings is 1. The maximum Gasteiger partial charge on any atom is 0.410 e. The average Bonchev–Trinajstić information content (AvgIpc) is 2.94. The van der Waals surface area contributed by atoms with Gasteiger partial charge in [0.1, 0.15) is 11.7 Å². The van der Waals surface area contributed by atoms with Crippen molar-refractivity contribution in [2.45, 2.75) is 45.3 Å². The third-order valence-electron chi connectivity index (χ3n) is 3.96. The van der Waals surface area contributed by atoms with Crippen LogP contribution < -0.4 is 4.74 Å². The highest BCUT2D eigenvalue weighted by Crippen LogP contribution is 2.24. The molecule has 1 aromatic carbocycles. The van der Waals surface area contributed by atoms with Crippen LogP contribution in [0.2, 0.25) is 0 Å². The number of likely N-dealkylation sites (tertiary alicyclic amines) is 1. The van der Waals surface area contributed by atoms with Crippen LogP contribution in [0.25, 0.3) is 11.0 Å². The number of H-pyrrole nitrogens is 1. The standard InChI is InChI=1S/C17H22N4O5/c1-17(2,3)26-16(22)20-8-4-5-12(10-20)25-15-18-13-7-6-11(21(23)24)9-14(13)19-15/h6-7,9,12H,4-5,8,10H2,1-3H3,(H,18,19). The van der Waals surface area contributed by atoms with Crippen LogP contribution in [0.15, 0.2) is 18.2 Å². The zero-order valence-electron chi connectivity index (χ0n) is 15.0. The monoisotopic (exact) mass is 362 g/mol. The number of benzene rings is 1. The number of ether oxygens (including phenoxy) is 2. The number of nitro benzene ring substituents is 1. The Hall–Kier alpha value is -2.84. The molecule has 1 aliphatic rings. The summed E-state index contributed by atoms with van der Waals surface area (Å²) in [6.07, 6.45) is 1.02. The van der Waals surface area contributed by atoms with E-state index in [1.54, 1.807) is 11.0 Å². The number of carbonyl (C=O) groups excluding carboxylic acids is 1. The number of nitro groups is 1. The molecule has 1 N–H and O–H groups in total. The van der Waals surface area contributed by atoms with E-state index in [-0.39, 0.29) is 23.9 Å². The van der Waals surface area contributed by atoms with Crippen LogP contribution >= 0.6 is 0 Å². The number of amides is 1. The summed E-state index contributed by atoms with van der Waals surface area (Å²) in [4.78, 5) is 31.5. The first-order valence-corrected chi connectivity index (χ1v) is 8.50. The quantitative estimate of drug-likeness (QED) is 0.663. The van der Waals surface area contributed by atoms with Gasteiger partial charge in [-0.25, -0.2) is 4.79 Å². The van der Waals surface area contributed by atoms with E-state index in [4.69, 9.17) is 9.47 Å². The minimum absolute atomic E-state index is 0.0125. The van der Waals surface area contributed by atoms with Gasteiger partial charge >= 0.3 is 6.09 Å². The molecule has 0 aliphatic carbocycles. The Kier molecular flexibility index (Phi) is 4.71. The first-order chi connectivity index (χ1) is 12.2. The number of non-ortho nitro benzene ring substituents is 1. The van der Waals surface area contributed by atoms with Gasteiger partial charge in [-0.05, 0) is 39.7 Å². The minimum atomic E-state index is -0.543. The number of nitrogens with one attached hydrogen (secondary N) is 1. The summed E-state index contributed by atoms with van der Waals surface area (Å²) >= 11 is 0. The van der Waals surface area contributed by atoms with Gasteiger partial charge in [0.15, 0.2) is 0 Å². The molecule has 9 nitrogen and oxygen atoms in total. The van der Waals surface area contributed by atoms with Crippen molar-refractivity contribution in [3.05, 3.63) is 28.3 Å². The van der Waals surface area contributed by atoms with Crippen LogP contribution in [-0.4, -0.2) is 50.7 Å². The van der Waals surface area contributed by atoms with Crippen LogP contribution in [0.4, 0.5) is 10.5 Å². The Morgan fingerprint density at radius 2 is 2.19 bits per heavy atom. The van der Waals surface area contributed by atoms with Crippen molar-refractivity contribution in [3.63, 3.8) is 0 Å². The van der Waals surface area contributed by atoms with E-state index in [2.05, 4.69) is 9.97 Å². The number of carbonyl (C=O) groups is 1. The molecule has 2 aromatic rings. The maximum absolute atomic E-state index is 12.2. The van der Waals surface area contributed by atoms with Crippen LogP contribution in [0, 0.1) is 10.1 Å². The summed E-state index contributed by atoms with van der Waals surface area (Å²) < 4.78 is 11.3. The van der Waals surface area contributed by atoms with Crippen LogP contribution in [-0.2, 0) is 4.74 Å². The van der Waals surface area contributed by atoms with Gasteiger partial charge in [-0.3, -0.25) is 10.1 Å². The summed E-state index contributed by atoms with van der Waals surface area (Å²) in [7, 11) is 0. The number of aromatic amines is 1.